The van der Waals surface area contributed by atoms with Gasteiger partial charge in [0.1, 0.15) is 0 Å². The second-order valence-electron chi connectivity index (χ2n) is 5.63. The van der Waals surface area contributed by atoms with Crippen molar-refractivity contribution in [1.82, 2.24) is 5.32 Å². The highest BCUT2D eigenvalue weighted by atomic mass is 16.4. The first-order chi connectivity index (χ1) is 7.78. The van der Waals surface area contributed by atoms with E-state index in [9.17, 15) is 9.59 Å². The third kappa shape index (κ3) is 5.17. The summed E-state index contributed by atoms with van der Waals surface area (Å²) < 4.78 is 0. The van der Waals surface area contributed by atoms with Crippen molar-refractivity contribution < 1.29 is 14.7 Å². The molecule has 0 heterocycles. The standard InChI is InChI=1S/C12H22N2O3/c1-12(2,13)7-10(15)14-9-5-3-4-8(6-9)11(16)17/h8-9H,3-7,13H2,1-2H3,(H,14,15)(H,16,17). The third-order valence-electron chi connectivity index (χ3n) is 3.00. The summed E-state index contributed by atoms with van der Waals surface area (Å²) in [7, 11) is 0. The van der Waals surface area contributed by atoms with E-state index in [0.717, 1.165) is 12.8 Å². The third-order valence-corrected chi connectivity index (χ3v) is 3.00. The molecule has 0 saturated heterocycles. The van der Waals surface area contributed by atoms with Crippen LogP contribution in [0.4, 0.5) is 0 Å². The number of carbonyl (C=O) groups excluding carboxylic acids is 1. The average molecular weight is 242 g/mol. The Balaban J connectivity index is 2.41. The summed E-state index contributed by atoms with van der Waals surface area (Å²) >= 11 is 0. The Bertz CT molecular complexity index is 297. The second-order valence-corrected chi connectivity index (χ2v) is 5.63. The van der Waals surface area contributed by atoms with Gasteiger partial charge in [0.15, 0.2) is 0 Å². The van der Waals surface area contributed by atoms with Gasteiger partial charge in [-0.15, -0.1) is 0 Å². The van der Waals surface area contributed by atoms with Gasteiger partial charge in [0.05, 0.1) is 5.92 Å². The van der Waals surface area contributed by atoms with Crippen LogP contribution < -0.4 is 11.1 Å². The molecule has 5 nitrogen and oxygen atoms in total. The average Bonchev–Trinajstić information content (AvgIpc) is 2.14. The second kappa shape index (κ2) is 5.49. The largest absolute Gasteiger partial charge is 0.481 e. The summed E-state index contributed by atoms with van der Waals surface area (Å²) in [4.78, 5) is 22.5. The molecule has 1 aliphatic carbocycles. The first-order valence-corrected chi connectivity index (χ1v) is 6.09. The molecule has 0 aliphatic heterocycles. The van der Waals surface area contributed by atoms with E-state index in [0.29, 0.717) is 12.8 Å². The van der Waals surface area contributed by atoms with Gasteiger partial charge in [-0.25, -0.2) is 0 Å². The normalized spacial score (nSPS) is 25.4. The van der Waals surface area contributed by atoms with E-state index in [1.54, 1.807) is 13.8 Å². The van der Waals surface area contributed by atoms with Gasteiger partial charge < -0.3 is 16.2 Å². The number of nitrogens with two attached hydrogens (primary N) is 1. The van der Waals surface area contributed by atoms with Gasteiger partial charge in [-0.2, -0.15) is 0 Å². The maximum atomic E-state index is 11.7. The molecule has 2 atom stereocenters. The van der Waals surface area contributed by atoms with Crippen LogP contribution in [0.5, 0.6) is 0 Å². The highest BCUT2D eigenvalue weighted by Gasteiger charge is 2.28. The minimum Gasteiger partial charge on any atom is -0.481 e. The number of carboxylic acid groups (broad SMARTS) is 1. The van der Waals surface area contributed by atoms with Crippen LogP contribution >= 0.6 is 0 Å². The molecule has 1 amide bonds. The van der Waals surface area contributed by atoms with Crippen LogP contribution in [0.1, 0.15) is 46.0 Å². The smallest absolute Gasteiger partial charge is 0.306 e. The highest BCUT2D eigenvalue weighted by molar-refractivity contribution is 5.77. The molecular weight excluding hydrogens is 220 g/mol. The van der Waals surface area contributed by atoms with Crippen molar-refractivity contribution >= 4 is 11.9 Å². The van der Waals surface area contributed by atoms with Gasteiger partial charge in [0.2, 0.25) is 5.91 Å². The van der Waals surface area contributed by atoms with Gasteiger partial charge in [-0.1, -0.05) is 6.42 Å². The van der Waals surface area contributed by atoms with Crippen LogP contribution in [0, 0.1) is 5.92 Å². The van der Waals surface area contributed by atoms with Crippen molar-refractivity contribution in [2.24, 2.45) is 11.7 Å². The Morgan fingerprint density at radius 2 is 2.06 bits per heavy atom. The fourth-order valence-electron chi connectivity index (χ4n) is 2.24. The van der Waals surface area contributed by atoms with Gasteiger partial charge in [0, 0.05) is 18.0 Å². The predicted octanol–water partition coefficient (Wildman–Crippen LogP) is 0.873. The predicted molar refractivity (Wildman–Crippen MR) is 64.4 cm³/mol. The summed E-state index contributed by atoms with van der Waals surface area (Å²) in [6, 6.07) is -0.0142. The quantitative estimate of drug-likeness (QED) is 0.682. The zero-order chi connectivity index (χ0) is 13.1. The van der Waals surface area contributed by atoms with E-state index in [-0.39, 0.29) is 24.3 Å². The molecule has 2 unspecified atom stereocenters. The fourth-order valence-corrected chi connectivity index (χ4v) is 2.24. The van der Waals surface area contributed by atoms with Crippen LogP contribution in [0.2, 0.25) is 0 Å². The molecule has 1 saturated carbocycles. The number of aliphatic carboxylic acids is 1. The summed E-state index contributed by atoms with van der Waals surface area (Å²) in [5.74, 6) is -1.17. The first-order valence-electron chi connectivity index (χ1n) is 6.09. The molecule has 0 bridgehead atoms. The summed E-state index contributed by atoms with van der Waals surface area (Å²) in [6.45, 7) is 3.60. The molecular formula is C12H22N2O3. The van der Waals surface area contributed by atoms with E-state index >= 15 is 0 Å². The zero-order valence-electron chi connectivity index (χ0n) is 10.5. The molecule has 1 fully saturated rings. The number of hydrogen-bond acceptors (Lipinski definition) is 3. The lowest BCUT2D eigenvalue weighted by Crippen LogP contribution is -2.44. The van der Waals surface area contributed by atoms with Gasteiger partial charge >= 0.3 is 5.97 Å². The maximum absolute atomic E-state index is 11.7. The van der Waals surface area contributed by atoms with Crippen LogP contribution in [0.25, 0.3) is 0 Å². The van der Waals surface area contributed by atoms with Crippen LogP contribution in [-0.4, -0.2) is 28.6 Å². The molecule has 98 valence electrons. The van der Waals surface area contributed by atoms with Crippen LogP contribution in [0.3, 0.4) is 0 Å². The van der Waals surface area contributed by atoms with Crippen molar-refractivity contribution in [1.29, 1.82) is 0 Å². The minimum absolute atomic E-state index is 0.0142. The Labute approximate surface area is 102 Å². The van der Waals surface area contributed by atoms with E-state index < -0.39 is 11.5 Å². The Kier molecular flexibility index (Phi) is 4.51. The van der Waals surface area contributed by atoms with Crippen LogP contribution in [-0.2, 0) is 9.59 Å². The van der Waals surface area contributed by atoms with Gasteiger partial charge in [-0.05, 0) is 33.1 Å². The van der Waals surface area contributed by atoms with E-state index in [1.807, 2.05) is 0 Å². The highest BCUT2D eigenvalue weighted by Crippen LogP contribution is 2.24. The van der Waals surface area contributed by atoms with Gasteiger partial charge in [-0.3, -0.25) is 9.59 Å². The van der Waals surface area contributed by atoms with Crippen molar-refractivity contribution in [2.45, 2.75) is 57.5 Å². The minimum atomic E-state index is -0.761. The zero-order valence-corrected chi connectivity index (χ0v) is 10.5. The number of nitrogens with one attached hydrogen (secondary N) is 1. The first kappa shape index (κ1) is 14.0. The molecule has 1 rings (SSSR count). The SMILES string of the molecule is CC(C)(N)CC(=O)NC1CCCC(C(=O)O)C1. The molecule has 5 heteroatoms. The lowest BCUT2D eigenvalue weighted by Gasteiger charge is -2.28. The monoisotopic (exact) mass is 242 g/mol. The Morgan fingerprint density at radius 1 is 1.41 bits per heavy atom. The Hall–Kier alpha value is -1.10. The molecule has 0 aromatic heterocycles. The fraction of sp³-hybridized carbons (Fsp3) is 0.833. The molecule has 0 aromatic carbocycles. The lowest BCUT2D eigenvalue weighted by molar-refractivity contribution is -0.143. The van der Waals surface area contributed by atoms with Crippen molar-refractivity contribution in [3.8, 4) is 0 Å². The van der Waals surface area contributed by atoms with Crippen molar-refractivity contribution in [3.05, 3.63) is 0 Å². The molecule has 0 aromatic rings. The molecule has 0 spiro atoms. The summed E-state index contributed by atoms with van der Waals surface area (Å²) in [6.07, 6.45) is 3.23. The number of hydrogen-bond donors (Lipinski definition) is 3. The van der Waals surface area contributed by atoms with Gasteiger partial charge in [0.25, 0.3) is 0 Å². The number of carboxylic acids is 1. The van der Waals surface area contributed by atoms with Crippen molar-refractivity contribution in [3.63, 3.8) is 0 Å². The van der Waals surface area contributed by atoms with Crippen LogP contribution in [0.15, 0.2) is 0 Å². The van der Waals surface area contributed by atoms with Crippen molar-refractivity contribution in [2.75, 3.05) is 0 Å². The number of rotatable bonds is 4. The Morgan fingerprint density at radius 3 is 2.59 bits per heavy atom. The lowest BCUT2D eigenvalue weighted by atomic mass is 9.85. The summed E-state index contributed by atoms with van der Waals surface area (Å²) in [5.41, 5.74) is 5.24. The van der Waals surface area contributed by atoms with E-state index in [4.69, 9.17) is 10.8 Å². The topological polar surface area (TPSA) is 92.4 Å². The van der Waals surface area contributed by atoms with E-state index in [2.05, 4.69) is 5.32 Å². The number of amides is 1. The summed E-state index contributed by atoms with van der Waals surface area (Å²) in [5, 5.41) is 11.8. The molecule has 0 radical (unpaired) electrons. The molecule has 4 N–H and O–H groups in total. The molecule has 1 aliphatic rings. The maximum Gasteiger partial charge on any atom is 0.306 e. The molecule has 17 heavy (non-hydrogen) atoms. The van der Waals surface area contributed by atoms with E-state index in [1.165, 1.54) is 0 Å². The number of carbonyl (C=O) groups is 2.